The number of hydrogen-bond acceptors (Lipinski definition) is 4. The molecule has 1 aromatic carbocycles. The number of benzene rings is 1. The van der Waals surface area contributed by atoms with Gasteiger partial charge in [-0.15, -0.1) is 0 Å². The fraction of sp³-hybridized carbons (Fsp3) is 0.250. The number of carbonyl (C=O) groups excluding carboxylic acids is 1. The maximum Gasteiger partial charge on any atom is 0.339 e. The molecular formula is C12H11ClN2O4. The highest BCUT2D eigenvalue weighted by atomic mass is 35.5. The van der Waals surface area contributed by atoms with Crippen LogP contribution in [0.15, 0.2) is 12.1 Å². The van der Waals surface area contributed by atoms with E-state index in [-0.39, 0.29) is 35.1 Å². The summed E-state index contributed by atoms with van der Waals surface area (Å²) in [7, 11) is 0. The molecule has 0 heterocycles. The number of carboxylic acid groups (broad SMARTS) is 1. The Bertz CT molecular complexity index is 551. The number of carbonyl (C=O) groups is 2. The van der Waals surface area contributed by atoms with Gasteiger partial charge in [-0.1, -0.05) is 11.6 Å². The van der Waals surface area contributed by atoms with Gasteiger partial charge in [-0.25, -0.2) is 4.79 Å². The molecule has 0 bridgehead atoms. The molecule has 0 aliphatic rings. The summed E-state index contributed by atoms with van der Waals surface area (Å²) in [4.78, 5) is 22.3. The Kier molecular flexibility index (Phi) is 5.15. The van der Waals surface area contributed by atoms with Crippen LogP contribution in [0.2, 0.25) is 5.02 Å². The van der Waals surface area contributed by atoms with Crippen molar-refractivity contribution in [3.05, 3.63) is 22.7 Å². The first kappa shape index (κ1) is 14.8. The van der Waals surface area contributed by atoms with Crippen molar-refractivity contribution in [2.75, 3.05) is 11.9 Å². The molecule has 19 heavy (non-hydrogen) atoms. The van der Waals surface area contributed by atoms with Gasteiger partial charge in [-0.2, -0.15) is 5.26 Å². The molecule has 2 N–H and O–H groups in total. The van der Waals surface area contributed by atoms with Crippen LogP contribution in [0, 0.1) is 11.3 Å². The van der Waals surface area contributed by atoms with E-state index in [1.807, 2.05) is 0 Å². The first-order valence-electron chi connectivity index (χ1n) is 5.36. The van der Waals surface area contributed by atoms with Crippen LogP contribution in [0.3, 0.4) is 0 Å². The van der Waals surface area contributed by atoms with Crippen molar-refractivity contribution in [1.82, 2.24) is 0 Å². The minimum atomic E-state index is -1.18. The highest BCUT2D eigenvalue weighted by Gasteiger charge is 2.16. The molecule has 0 radical (unpaired) electrons. The third-order valence-corrected chi connectivity index (χ3v) is 2.43. The van der Waals surface area contributed by atoms with Crippen LogP contribution in [0.5, 0.6) is 5.75 Å². The second-order valence-electron chi connectivity index (χ2n) is 3.45. The van der Waals surface area contributed by atoms with Crippen molar-refractivity contribution >= 4 is 29.2 Å². The molecule has 0 aliphatic heterocycles. The van der Waals surface area contributed by atoms with Crippen LogP contribution in [0.25, 0.3) is 0 Å². The minimum Gasteiger partial charge on any atom is -0.493 e. The van der Waals surface area contributed by atoms with Gasteiger partial charge in [0, 0.05) is 6.07 Å². The van der Waals surface area contributed by atoms with Gasteiger partial charge in [0.05, 0.1) is 23.4 Å². The van der Waals surface area contributed by atoms with E-state index in [0.717, 1.165) is 0 Å². The van der Waals surface area contributed by atoms with Gasteiger partial charge in [0.1, 0.15) is 17.7 Å². The topological polar surface area (TPSA) is 99.4 Å². The number of nitrogens with zero attached hydrogens (tertiary/aromatic N) is 1. The van der Waals surface area contributed by atoms with Gasteiger partial charge >= 0.3 is 5.97 Å². The summed E-state index contributed by atoms with van der Waals surface area (Å²) in [6.07, 6.45) is -0.318. The van der Waals surface area contributed by atoms with Crippen molar-refractivity contribution in [2.45, 2.75) is 13.3 Å². The number of nitriles is 1. The van der Waals surface area contributed by atoms with E-state index in [1.54, 1.807) is 13.0 Å². The molecule has 0 unspecified atom stereocenters. The van der Waals surface area contributed by atoms with E-state index in [4.69, 9.17) is 26.7 Å². The van der Waals surface area contributed by atoms with Gasteiger partial charge < -0.3 is 15.2 Å². The summed E-state index contributed by atoms with van der Waals surface area (Å²) in [5.41, 5.74) is 0.112. The van der Waals surface area contributed by atoms with E-state index in [1.165, 1.54) is 12.1 Å². The number of ether oxygens (including phenoxy) is 1. The smallest absolute Gasteiger partial charge is 0.339 e. The number of aromatic carboxylic acids is 1. The molecule has 0 aliphatic carbocycles. The average molecular weight is 283 g/mol. The van der Waals surface area contributed by atoms with E-state index < -0.39 is 11.9 Å². The van der Waals surface area contributed by atoms with Crippen molar-refractivity contribution in [3.8, 4) is 11.8 Å². The first-order chi connectivity index (χ1) is 8.99. The largest absolute Gasteiger partial charge is 0.493 e. The summed E-state index contributed by atoms with van der Waals surface area (Å²) < 4.78 is 5.18. The molecule has 0 saturated carbocycles. The maximum absolute atomic E-state index is 11.3. The second kappa shape index (κ2) is 6.61. The Balaban J connectivity index is 3.13. The molecule has 0 saturated heterocycles. The molecule has 0 spiro atoms. The van der Waals surface area contributed by atoms with Crippen LogP contribution in [0.4, 0.5) is 5.69 Å². The second-order valence-corrected chi connectivity index (χ2v) is 3.86. The van der Waals surface area contributed by atoms with Gasteiger partial charge in [0.15, 0.2) is 0 Å². The summed E-state index contributed by atoms with van der Waals surface area (Å²) in [5.74, 6) is -1.61. The molecule has 0 atom stereocenters. The van der Waals surface area contributed by atoms with Crippen molar-refractivity contribution < 1.29 is 19.4 Å². The lowest BCUT2D eigenvalue weighted by Gasteiger charge is -2.12. The molecular weight excluding hydrogens is 272 g/mol. The highest BCUT2D eigenvalue weighted by Crippen LogP contribution is 2.31. The minimum absolute atomic E-state index is 0.0622. The Morgan fingerprint density at radius 1 is 1.53 bits per heavy atom. The van der Waals surface area contributed by atoms with E-state index >= 15 is 0 Å². The lowest BCUT2D eigenvalue weighted by Crippen LogP contribution is -2.12. The molecule has 1 rings (SSSR count). The van der Waals surface area contributed by atoms with Gasteiger partial charge in [0.25, 0.3) is 0 Å². The van der Waals surface area contributed by atoms with Crippen molar-refractivity contribution in [2.24, 2.45) is 0 Å². The van der Waals surface area contributed by atoms with E-state index in [0.29, 0.717) is 0 Å². The van der Waals surface area contributed by atoms with Gasteiger partial charge in [-0.3, -0.25) is 4.79 Å². The fourth-order valence-corrected chi connectivity index (χ4v) is 1.57. The number of carboxylic acids is 1. The molecule has 7 heteroatoms. The van der Waals surface area contributed by atoms with Crippen molar-refractivity contribution in [1.29, 1.82) is 5.26 Å². The van der Waals surface area contributed by atoms with Gasteiger partial charge in [0.2, 0.25) is 5.91 Å². The normalized spacial score (nSPS) is 9.53. The Labute approximate surface area is 114 Å². The van der Waals surface area contributed by atoms with E-state index in [9.17, 15) is 9.59 Å². The van der Waals surface area contributed by atoms with Crippen molar-refractivity contribution in [3.63, 3.8) is 0 Å². The standard InChI is InChI=1S/C12H11ClN2O4/c1-2-19-10-6-9(15-11(16)3-4-14)8(13)5-7(10)12(17)18/h5-6H,2-3H2,1H3,(H,15,16)(H,17,18). The Morgan fingerprint density at radius 3 is 2.74 bits per heavy atom. The quantitative estimate of drug-likeness (QED) is 0.863. The predicted octanol–water partition coefficient (Wildman–Crippen LogP) is 2.29. The maximum atomic E-state index is 11.3. The monoisotopic (exact) mass is 282 g/mol. The SMILES string of the molecule is CCOc1cc(NC(=O)CC#N)c(Cl)cc1C(=O)O. The zero-order valence-electron chi connectivity index (χ0n) is 10.1. The predicted molar refractivity (Wildman–Crippen MR) is 68.4 cm³/mol. The summed E-state index contributed by atoms with van der Waals surface area (Å²) in [6, 6.07) is 4.21. The average Bonchev–Trinajstić information content (AvgIpc) is 2.33. The molecule has 0 aromatic heterocycles. The third kappa shape index (κ3) is 3.86. The van der Waals surface area contributed by atoms with Gasteiger partial charge in [-0.05, 0) is 13.0 Å². The molecule has 6 nitrogen and oxygen atoms in total. The third-order valence-electron chi connectivity index (χ3n) is 2.11. The number of amides is 1. The lowest BCUT2D eigenvalue weighted by atomic mass is 10.1. The number of hydrogen-bond donors (Lipinski definition) is 2. The van der Waals surface area contributed by atoms with E-state index in [2.05, 4.69) is 5.32 Å². The fourth-order valence-electron chi connectivity index (χ4n) is 1.36. The Hall–Kier alpha value is -2.26. The zero-order valence-corrected chi connectivity index (χ0v) is 10.8. The van der Waals surface area contributed by atoms with Crippen LogP contribution in [0.1, 0.15) is 23.7 Å². The first-order valence-corrected chi connectivity index (χ1v) is 5.73. The van der Waals surface area contributed by atoms with Crippen LogP contribution < -0.4 is 10.1 Å². The number of rotatable bonds is 5. The molecule has 1 amide bonds. The van der Waals surface area contributed by atoms with Crippen LogP contribution in [-0.2, 0) is 4.79 Å². The Morgan fingerprint density at radius 2 is 2.21 bits per heavy atom. The summed E-state index contributed by atoms with van der Waals surface area (Å²) in [5, 5.41) is 19.9. The molecule has 100 valence electrons. The highest BCUT2D eigenvalue weighted by molar-refractivity contribution is 6.34. The zero-order chi connectivity index (χ0) is 14.4. The number of nitrogens with one attached hydrogen (secondary N) is 1. The molecule has 0 fully saturated rings. The summed E-state index contributed by atoms with van der Waals surface area (Å²) in [6.45, 7) is 1.97. The number of anilines is 1. The van der Waals surface area contributed by atoms with Crippen LogP contribution >= 0.6 is 11.6 Å². The lowest BCUT2D eigenvalue weighted by molar-refractivity contribution is -0.115. The van der Waals surface area contributed by atoms with Crippen LogP contribution in [-0.4, -0.2) is 23.6 Å². The molecule has 1 aromatic rings. The number of halogens is 1. The summed E-state index contributed by atoms with van der Waals surface area (Å²) >= 11 is 5.87.